The Morgan fingerprint density at radius 1 is 1.40 bits per heavy atom. The molecule has 1 aromatic heterocycles. The summed E-state index contributed by atoms with van der Waals surface area (Å²) in [5.74, 6) is -0.139. The van der Waals surface area contributed by atoms with Gasteiger partial charge in [-0.2, -0.15) is 13.2 Å². The molecular formula is C16H17ClF3N3OS. The predicted molar refractivity (Wildman–Crippen MR) is 94.1 cm³/mol. The minimum Gasteiger partial charge on any atom is -0.313 e. The maximum atomic E-state index is 12.8. The molecule has 0 spiro atoms. The number of hydrogen-bond acceptors (Lipinski definition) is 4. The van der Waals surface area contributed by atoms with E-state index in [0.717, 1.165) is 31.5 Å². The maximum absolute atomic E-state index is 12.8. The van der Waals surface area contributed by atoms with Crippen LogP contribution >= 0.6 is 23.7 Å². The Labute approximate surface area is 153 Å². The van der Waals surface area contributed by atoms with Gasteiger partial charge >= 0.3 is 6.18 Å². The number of nitrogens with zero attached hydrogens (tertiary/aromatic N) is 1. The molecule has 25 heavy (non-hydrogen) atoms. The Hall–Kier alpha value is -1.64. The van der Waals surface area contributed by atoms with Crippen LogP contribution in [0.15, 0.2) is 29.6 Å². The second-order valence-corrected chi connectivity index (χ2v) is 6.52. The number of aromatic nitrogens is 1. The van der Waals surface area contributed by atoms with Gasteiger partial charge in [0, 0.05) is 23.4 Å². The fourth-order valence-corrected chi connectivity index (χ4v) is 3.38. The van der Waals surface area contributed by atoms with Crippen LogP contribution in [-0.2, 0) is 11.0 Å². The lowest BCUT2D eigenvalue weighted by molar-refractivity contribution is -0.137. The molecule has 136 valence electrons. The fourth-order valence-electron chi connectivity index (χ4n) is 2.64. The van der Waals surface area contributed by atoms with Crippen molar-refractivity contribution >= 4 is 34.8 Å². The molecule has 1 aliphatic heterocycles. The smallest absolute Gasteiger partial charge is 0.313 e. The van der Waals surface area contributed by atoms with Gasteiger partial charge in [0.2, 0.25) is 5.91 Å². The molecule has 0 aliphatic carbocycles. The molecule has 0 saturated carbocycles. The summed E-state index contributed by atoms with van der Waals surface area (Å²) in [6.45, 7) is 0.925. The van der Waals surface area contributed by atoms with E-state index in [1.165, 1.54) is 17.4 Å². The van der Waals surface area contributed by atoms with Crippen molar-refractivity contribution in [2.45, 2.75) is 31.5 Å². The van der Waals surface area contributed by atoms with Crippen molar-refractivity contribution in [2.75, 3.05) is 11.9 Å². The number of amides is 1. The standard InChI is InChI=1S/C16H16F3N3OS.ClH/c17-16(18,19)11-4-1-3-10(7-11)13-9-24-15(21-13)22-14(23)8-12-5-2-6-20-12;/h1,3-4,7,9,12,20H,2,5-6,8H2,(H,21,22,23);1H. The average molecular weight is 392 g/mol. The van der Waals surface area contributed by atoms with Crippen LogP contribution in [0.2, 0.25) is 0 Å². The van der Waals surface area contributed by atoms with Crippen LogP contribution in [0.25, 0.3) is 11.3 Å². The van der Waals surface area contributed by atoms with E-state index in [2.05, 4.69) is 15.6 Å². The number of carbonyl (C=O) groups excluding carboxylic acids is 1. The Balaban J connectivity index is 0.00000225. The minimum atomic E-state index is -4.39. The highest BCUT2D eigenvalue weighted by molar-refractivity contribution is 7.14. The molecule has 1 aliphatic rings. The number of thiazole rings is 1. The summed E-state index contributed by atoms with van der Waals surface area (Å²) in [6.07, 6.45) is -1.98. The topological polar surface area (TPSA) is 54.0 Å². The summed E-state index contributed by atoms with van der Waals surface area (Å²) in [5.41, 5.74) is 0.0744. The van der Waals surface area contributed by atoms with Crippen molar-refractivity contribution in [2.24, 2.45) is 0 Å². The van der Waals surface area contributed by atoms with Gasteiger partial charge in [-0.15, -0.1) is 23.7 Å². The molecule has 1 fully saturated rings. The van der Waals surface area contributed by atoms with Gasteiger partial charge in [0.05, 0.1) is 11.3 Å². The number of halogens is 4. The molecule has 3 rings (SSSR count). The Morgan fingerprint density at radius 2 is 2.20 bits per heavy atom. The molecule has 9 heteroatoms. The molecular weight excluding hydrogens is 375 g/mol. The van der Waals surface area contributed by atoms with E-state index in [9.17, 15) is 18.0 Å². The van der Waals surface area contributed by atoms with E-state index in [-0.39, 0.29) is 24.4 Å². The van der Waals surface area contributed by atoms with Crippen molar-refractivity contribution in [1.82, 2.24) is 10.3 Å². The number of nitrogens with one attached hydrogen (secondary N) is 2. The highest BCUT2D eigenvalue weighted by atomic mass is 35.5. The van der Waals surface area contributed by atoms with Gasteiger partial charge in [-0.25, -0.2) is 4.98 Å². The molecule has 0 bridgehead atoms. The lowest BCUT2D eigenvalue weighted by atomic mass is 10.1. The van der Waals surface area contributed by atoms with E-state index in [0.29, 0.717) is 22.8 Å². The normalized spacial score (nSPS) is 17.2. The van der Waals surface area contributed by atoms with Crippen LogP contribution in [0.5, 0.6) is 0 Å². The van der Waals surface area contributed by atoms with Gasteiger partial charge in [0.1, 0.15) is 0 Å². The number of rotatable bonds is 4. The van der Waals surface area contributed by atoms with E-state index < -0.39 is 11.7 Å². The van der Waals surface area contributed by atoms with Gasteiger partial charge in [-0.1, -0.05) is 12.1 Å². The predicted octanol–water partition coefficient (Wildman–Crippen LogP) is 4.33. The highest BCUT2D eigenvalue weighted by Crippen LogP contribution is 2.33. The van der Waals surface area contributed by atoms with E-state index in [1.54, 1.807) is 11.4 Å². The average Bonchev–Trinajstić information content (AvgIpc) is 3.18. The molecule has 1 aromatic carbocycles. The van der Waals surface area contributed by atoms with Crippen molar-refractivity contribution < 1.29 is 18.0 Å². The lowest BCUT2D eigenvalue weighted by Gasteiger charge is -2.08. The monoisotopic (exact) mass is 391 g/mol. The molecule has 2 aromatic rings. The molecule has 2 heterocycles. The Kier molecular flexibility index (Phi) is 6.42. The molecule has 1 atom stereocenters. The van der Waals surface area contributed by atoms with Gasteiger partial charge in [-0.3, -0.25) is 4.79 Å². The molecule has 1 saturated heterocycles. The summed E-state index contributed by atoms with van der Waals surface area (Å²) >= 11 is 1.20. The zero-order chi connectivity index (χ0) is 17.2. The third-order valence-electron chi connectivity index (χ3n) is 3.83. The number of anilines is 1. The second kappa shape index (κ2) is 8.16. The summed E-state index contributed by atoms with van der Waals surface area (Å²) in [5, 5.41) is 7.98. The fraction of sp³-hybridized carbons (Fsp3) is 0.375. The first kappa shape index (κ1) is 19.7. The summed E-state index contributed by atoms with van der Waals surface area (Å²) in [6, 6.07) is 5.18. The summed E-state index contributed by atoms with van der Waals surface area (Å²) in [7, 11) is 0. The first-order valence-corrected chi connectivity index (χ1v) is 8.46. The zero-order valence-electron chi connectivity index (χ0n) is 13.1. The molecule has 4 nitrogen and oxygen atoms in total. The second-order valence-electron chi connectivity index (χ2n) is 5.66. The quantitative estimate of drug-likeness (QED) is 0.815. The SMILES string of the molecule is Cl.O=C(CC1CCCN1)Nc1nc(-c2cccc(C(F)(F)F)c2)cs1. The van der Waals surface area contributed by atoms with E-state index in [4.69, 9.17) is 0 Å². The van der Waals surface area contributed by atoms with Crippen molar-refractivity contribution in [3.05, 3.63) is 35.2 Å². The molecule has 2 N–H and O–H groups in total. The minimum absolute atomic E-state index is 0. The van der Waals surface area contributed by atoms with Crippen LogP contribution < -0.4 is 10.6 Å². The number of benzene rings is 1. The largest absolute Gasteiger partial charge is 0.416 e. The third-order valence-corrected chi connectivity index (χ3v) is 4.59. The van der Waals surface area contributed by atoms with Gasteiger partial charge in [0.15, 0.2) is 5.13 Å². The number of hydrogen-bond donors (Lipinski definition) is 2. The first-order valence-electron chi connectivity index (χ1n) is 7.58. The summed E-state index contributed by atoms with van der Waals surface area (Å²) in [4.78, 5) is 16.2. The number of alkyl halides is 3. The van der Waals surface area contributed by atoms with Crippen LogP contribution in [0.4, 0.5) is 18.3 Å². The first-order chi connectivity index (χ1) is 11.4. The number of carbonyl (C=O) groups is 1. The molecule has 0 radical (unpaired) electrons. The van der Waals surface area contributed by atoms with Crippen LogP contribution in [0.1, 0.15) is 24.8 Å². The van der Waals surface area contributed by atoms with Crippen molar-refractivity contribution in [3.8, 4) is 11.3 Å². The Bertz CT molecular complexity index is 729. The van der Waals surface area contributed by atoms with Crippen LogP contribution in [0, 0.1) is 0 Å². The van der Waals surface area contributed by atoms with Crippen LogP contribution in [0.3, 0.4) is 0 Å². The zero-order valence-corrected chi connectivity index (χ0v) is 14.7. The lowest BCUT2D eigenvalue weighted by Crippen LogP contribution is -2.27. The molecule has 1 unspecified atom stereocenters. The maximum Gasteiger partial charge on any atom is 0.416 e. The third kappa shape index (κ3) is 5.17. The van der Waals surface area contributed by atoms with Gasteiger partial charge < -0.3 is 10.6 Å². The summed E-state index contributed by atoms with van der Waals surface area (Å²) < 4.78 is 38.3. The van der Waals surface area contributed by atoms with E-state index >= 15 is 0 Å². The molecule has 1 amide bonds. The van der Waals surface area contributed by atoms with Gasteiger partial charge in [-0.05, 0) is 31.5 Å². The van der Waals surface area contributed by atoms with Gasteiger partial charge in [0.25, 0.3) is 0 Å². The van der Waals surface area contributed by atoms with Crippen molar-refractivity contribution in [1.29, 1.82) is 0 Å². The van der Waals surface area contributed by atoms with Crippen LogP contribution in [-0.4, -0.2) is 23.5 Å². The Morgan fingerprint density at radius 3 is 2.88 bits per heavy atom. The highest BCUT2D eigenvalue weighted by Gasteiger charge is 2.30. The van der Waals surface area contributed by atoms with Crippen molar-refractivity contribution in [3.63, 3.8) is 0 Å². The van der Waals surface area contributed by atoms with E-state index in [1.807, 2.05) is 0 Å².